The third-order valence-electron chi connectivity index (χ3n) is 6.32. The third kappa shape index (κ3) is 1.65. The molecule has 2 heterocycles. The van der Waals surface area contributed by atoms with Crippen LogP contribution in [0.15, 0.2) is 72.8 Å². The van der Waals surface area contributed by atoms with E-state index >= 15 is 0 Å². The summed E-state index contributed by atoms with van der Waals surface area (Å²) in [5.41, 5.74) is 6.87. The van der Waals surface area contributed by atoms with Crippen molar-refractivity contribution in [3.63, 3.8) is 0 Å². The minimum atomic E-state index is 1.15. The Morgan fingerprint density at radius 2 is 1.41 bits per heavy atom. The van der Waals surface area contributed by atoms with Gasteiger partial charge in [0.2, 0.25) is 0 Å². The highest BCUT2D eigenvalue weighted by molar-refractivity contribution is 6.24. The first-order chi connectivity index (χ1) is 13.4. The summed E-state index contributed by atoms with van der Waals surface area (Å²) in [5.74, 6) is 0. The van der Waals surface area contributed by atoms with Crippen molar-refractivity contribution >= 4 is 54.9 Å². The molecule has 0 bridgehead atoms. The van der Waals surface area contributed by atoms with Crippen LogP contribution in [-0.2, 0) is 6.42 Å². The van der Waals surface area contributed by atoms with E-state index in [-0.39, 0.29) is 0 Å². The fourth-order valence-electron chi connectivity index (χ4n) is 5.09. The standard InChI is InChI=1S/C26H17N/c1-3-8-18-14-24-22(12-16(18)6-1)20-10-5-11-21-23-13-17-7-2-4-9-19(17)15-25(23)27(24)26(20)21/h1,3-6,8-15H,2,7H2. The number of aromatic nitrogens is 1. The fraction of sp³-hybridized carbons (Fsp3) is 0.0769. The first-order valence-electron chi connectivity index (χ1n) is 9.69. The molecule has 0 fully saturated rings. The van der Waals surface area contributed by atoms with E-state index < -0.39 is 0 Å². The summed E-state index contributed by atoms with van der Waals surface area (Å²) in [7, 11) is 0. The summed E-state index contributed by atoms with van der Waals surface area (Å²) in [5, 5.41) is 8.09. The molecule has 0 amide bonds. The fourth-order valence-corrected chi connectivity index (χ4v) is 5.09. The quantitative estimate of drug-likeness (QED) is 0.281. The monoisotopic (exact) mass is 343 g/mol. The highest BCUT2D eigenvalue weighted by Gasteiger charge is 2.19. The molecule has 0 radical (unpaired) electrons. The lowest BCUT2D eigenvalue weighted by Gasteiger charge is -2.11. The smallest absolute Gasteiger partial charge is 0.0620 e. The van der Waals surface area contributed by atoms with E-state index in [0.717, 1.165) is 12.8 Å². The van der Waals surface area contributed by atoms with Crippen molar-refractivity contribution in [1.29, 1.82) is 0 Å². The predicted molar refractivity (Wildman–Crippen MR) is 116 cm³/mol. The molecule has 126 valence electrons. The number of rotatable bonds is 0. The zero-order valence-electron chi connectivity index (χ0n) is 14.9. The van der Waals surface area contributed by atoms with Gasteiger partial charge in [-0.15, -0.1) is 0 Å². The van der Waals surface area contributed by atoms with E-state index in [2.05, 4.69) is 83.3 Å². The van der Waals surface area contributed by atoms with Crippen LogP contribution in [0.2, 0.25) is 0 Å². The summed E-state index contributed by atoms with van der Waals surface area (Å²) in [6.07, 6.45) is 6.89. The van der Waals surface area contributed by atoms with Crippen LogP contribution in [0.4, 0.5) is 0 Å². The average Bonchev–Trinajstić information content (AvgIpc) is 3.21. The van der Waals surface area contributed by atoms with Crippen LogP contribution in [-0.4, -0.2) is 4.40 Å². The van der Waals surface area contributed by atoms with E-state index in [9.17, 15) is 0 Å². The lowest BCUT2D eigenvalue weighted by atomic mass is 9.95. The molecule has 2 aromatic heterocycles. The number of nitrogens with zero attached hydrogens (tertiary/aromatic N) is 1. The molecule has 1 aliphatic rings. The molecular weight excluding hydrogens is 326 g/mol. The first kappa shape index (κ1) is 13.8. The number of para-hydroxylation sites is 1. The maximum absolute atomic E-state index is 2.49. The Balaban J connectivity index is 1.79. The molecule has 0 aliphatic heterocycles. The van der Waals surface area contributed by atoms with Gasteiger partial charge in [0.05, 0.1) is 16.6 Å². The molecule has 0 unspecified atom stereocenters. The van der Waals surface area contributed by atoms with Crippen molar-refractivity contribution in [2.24, 2.45) is 0 Å². The highest BCUT2D eigenvalue weighted by Crippen LogP contribution is 2.41. The van der Waals surface area contributed by atoms with Gasteiger partial charge in [-0.05, 0) is 59.0 Å². The van der Waals surface area contributed by atoms with Crippen LogP contribution in [0.25, 0.3) is 54.9 Å². The Kier molecular flexibility index (Phi) is 2.40. The van der Waals surface area contributed by atoms with Crippen molar-refractivity contribution in [3.8, 4) is 0 Å². The summed E-state index contributed by atoms with van der Waals surface area (Å²) in [6.45, 7) is 0. The molecule has 0 atom stereocenters. The highest BCUT2D eigenvalue weighted by atomic mass is 14.9. The molecule has 7 rings (SSSR count). The summed E-state index contributed by atoms with van der Waals surface area (Å²) >= 11 is 0. The molecule has 4 aromatic carbocycles. The molecule has 1 aliphatic carbocycles. The van der Waals surface area contributed by atoms with Crippen molar-refractivity contribution < 1.29 is 0 Å². The number of fused-ring (bicyclic) bond motifs is 8. The minimum Gasteiger partial charge on any atom is -0.308 e. The lowest BCUT2D eigenvalue weighted by molar-refractivity contribution is 0.989. The van der Waals surface area contributed by atoms with Crippen molar-refractivity contribution in [1.82, 2.24) is 4.40 Å². The zero-order valence-corrected chi connectivity index (χ0v) is 14.9. The molecule has 6 aromatic rings. The summed E-state index contributed by atoms with van der Waals surface area (Å²) in [6, 6.07) is 25.0. The van der Waals surface area contributed by atoms with E-state index in [1.54, 1.807) is 0 Å². The van der Waals surface area contributed by atoms with E-state index in [1.165, 1.54) is 60.0 Å². The molecule has 27 heavy (non-hydrogen) atoms. The number of hydrogen-bond donors (Lipinski definition) is 0. The van der Waals surface area contributed by atoms with Gasteiger partial charge < -0.3 is 4.40 Å². The van der Waals surface area contributed by atoms with E-state index in [0.29, 0.717) is 0 Å². The summed E-state index contributed by atoms with van der Waals surface area (Å²) < 4.78 is 2.49. The second-order valence-corrected chi connectivity index (χ2v) is 7.76. The normalized spacial score (nSPS) is 14.2. The topological polar surface area (TPSA) is 4.41 Å². The molecule has 0 saturated carbocycles. The second kappa shape index (κ2) is 4.69. The van der Waals surface area contributed by atoms with Gasteiger partial charge in [0, 0.05) is 21.5 Å². The Bertz CT molecular complexity index is 1560. The van der Waals surface area contributed by atoms with Crippen molar-refractivity contribution in [2.75, 3.05) is 0 Å². The number of benzene rings is 4. The van der Waals surface area contributed by atoms with Crippen LogP contribution < -0.4 is 0 Å². The van der Waals surface area contributed by atoms with Gasteiger partial charge in [-0.3, -0.25) is 0 Å². The zero-order chi connectivity index (χ0) is 17.5. The Morgan fingerprint density at radius 3 is 2.26 bits per heavy atom. The van der Waals surface area contributed by atoms with Gasteiger partial charge >= 0.3 is 0 Å². The third-order valence-corrected chi connectivity index (χ3v) is 6.32. The van der Waals surface area contributed by atoms with Crippen molar-refractivity contribution in [2.45, 2.75) is 12.8 Å². The first-order valence-corrected chi connectivity index (χ1v) is 9.69. The summed E-state index contributed by atoms with van der Waals surface area (Å²) in [4.78, 5) is 0. The maximum atomic E-state index is 2.49. The van der Waals surface area contributed by atoms with Gasteiger partial charge in [0.15, 0.2) is 0 Å². The van der Waals surface area contributed by atoms with Crippen LogP contribution in [0.1, 0.15) is 17.5 Å². The van der Waals surface area contributed by atoms with Gasteiger partial charge in [-0.25, -0.2) is 0 Å². The maximum Gasteiger partial charge on any atom is 0.0620 e. The van der Waals surface area contributed by atoms with E-state index in [1.807, 2.05) is 0 Å². The van der Waals surface area contributed by atoms with Gasteiger partial charge in [0.25, 0.3) is 0 Å². The van der Waals surface area contributed by atoms with Gasteiger partial charge in [0.1, 0.15) is 0 Å². The van der Waals surface area contributed by atoms with Crippen LogP contribution in [0, 0.1) is 0 Å². The molecule has 0 saturated heterocycles. The number of allylic oxidation sites excluding steroid dienone is 1. The van der Waals surface area contributed by atoms with Crippen LogP contribution >= 0.6 is 0 Å². The van der Waals surface area contributed by atoms with Crippen LogP contribution in [0.5, 0.6) is 0 Å². The molecule has 1 heteroatoms. The Morgan fingerprint density at radius 1 is 0.667 bits per heavy atom. The average molecular weight is 343 g/mol. The van der Waals surface area contributed by atoms with E-state index in [4.69, 9.17) is 0 Å². The minimum absolute atomic E-state index is 1.15. The molecular formula is C26H17N. The van der Waals surface area contributed by atoms with Crippen LogP contribution in [0.3, 0.4) is 0 Å². The molecule has 0 N–H and O–H groups in total. The molecule has 1 nitrogen and oxygen atoms in total. The Labute approximate surface area is 156 Å². The predicted octanol–water partition coefficient (Wildman–Crippen LogP) is 6.95. The van der Waals surface area contributed by atoms with Crippen molar-refractivity contribution in [3.05, 3.63) is 83.9 Å². The largest absolute Gasteiger partial charge is 0.308 e. The Hall–Kier alpha value is -3.32. The van der Waals surface area contributed by atoms with Gasteiger partial charge in [-0.2, -0.15) is 0 Å². The number of hydrogen-bond acceptors (Lipinski definition) is 0. The molecule has 0 spiro atoms. The SMILES string of the molecule is C1=Cc2cc3c(cc2CC1)c1cccc2c4cc5ccccc5cc4n3c12. The second-order valence-electron chi connectivity index (χ2n) is 7.76. The lowest BCUT2D eigenvalue weighted by Crippen LogP contribution is -1.94. The van der Waals surface area contributed by atoms with Gasteiger partial charge in [-0.1, -0.05) is 54.6 Å². The number of aryl methyl sites for hydroxylation is 1.